The number of likely N-dealkylation sites (tertiary alicyclic amines) is 1. The fourth-order valence-corrected chi connectivity index (χ4v) is 5.21. The number of hydrogen-bond donors (Lipinski definition) is 2. The third-order valence-corrected chi connectivity index (χ3v) is 8.04. The van der Waals surface area contributed by atoms with Gasteiger partial charge in [-0.3, -0.25) is 9.59 Å². The first-order chi connectivity index (χ1) is 22.1. The van der Waals surface area contributed by atoms with E-state index in [9.17, 15) is 23.2 Å². The van der Waals surface area contributed by atoms with Gasteiger partial charge in [0.25, 0.3) is 5.91 Å². The number of hydrogen-bond acceptors (Lipinski definition) is 9. The van der Waals surface area contributed by atoms with Gasteiger partial charge in [-0.2, -0.15) is 0 Å². The molecule has 2 aromatic carbocycles. The van der Waals surface area contributed by atoms with Gasteiger partial charge in [0.05, 0.1) is 12.4 Å². The van der Waals surface area contributed by atoms with E-state index in [1.807, 2.05) is 36.8 Å². The summed E-state index contributed by atoms with van der Waals surface area (Å²) < 4.78 is 37.8. The summed E-state index contributed by atoms with van der Waals surface area (Å²) >= 11 is 3.09. The van der Waals surface area contributed by atoms with Crippen molar-refractivity contribution in [3.63, 3.8) is 0 Å². The van der Waals surface area contributed by atoms with Crippen molar-refractivity contribution < 1.29 is 37.7 Å². The van der Waals surface area contributed by atoms with Crippen LogP contribution in [-0.4, -0.2) is 69.4 Å². The lowest BCUT2D eigenvalue weighted by molar-refractivity contribution is -0.127. The molecule has 2 amide bonds. The van der Waals surface area contributed by atoms with Gasteiger partial charge in [-0.1, -0.05) is 12.1 Å². The molecule has 10 nitrogen and oxygen atoms in total. The van der Waals surface area contributed by atoms with E-state index >= 15 is 0 Å². The average molecular weight is 669 g/mol. The highest BCUT2D eigenvalue weighted by atomic mass is 32.2. The van der Waals surface area contributed by atoms with E-state index in [1.165, 1.54) is 18.7 Å². The van der Waals surface area contributed by atoms with Crippen LogP contribution < -0.4 is 14.8 Å². The highest BCUT2D eigenvalue weighted by Crippen LogP contribution is 2.28. The SMILES string of the molecule is CSc1cccc(Oc2ncc(F)cc2C(=O)NC2CCN(C(C)=O)C2)c1.CSc1cccc(Oc2ncc(F)cc2C(=O)O)c1. The topological polar surface area (TPSA) is 131 Å². The Hall–Kier alpha value is -4.69. The van der Waals surface area contributed by atoms with E-state index in [4.69, 9.17) is 14.6 Å². The van der Waals surface area contributed by atoms with Crippen molar-refractivity contribution in [1.82, 2.24) is 20.2 Å². The van der Waals surface area contributed by atoms with Crippen LogP contribution in [0.5, 0.6) is 23.3 Å². The Labute approximate surface area is 272 Å². The zero-order chi connectivity index (χ0) is 33.2. The van der Waals surface area contributed by atoms with Crippen molar-refractivity contribution in [3.05, 3.63) is 95.8 Å². The molecule has 4 aromatic rings. The van der Waals surface area contributed by atoms with Crippen molar-refractivity contribution in [1.29, 1.82) is 0 Å². The third kappa shape index (κ3) is 9.41. The van der Waals surface area contributed by atoms with Gasteiger partial charge in [0.2, 0.25) is 17.7 Å². The molecule has 0 spiro atoms. The fraction of sp³-hybridized carbons (Fsp3) is 0.219. The van der Waals surface area contributed by atoms with Crippen LogP contribution in [0.25, 0.3) is 0 Å². The number of ether oxygens (including phenoxy) is 2. The number of aromatic carboxylic acids is 1. The van der Waals surface area contributed by atoms with Gasteiger partial charge in [0.15, 0.2) is 0 Å². The molecule has 240 valence electrons. The zero-order valence-electron chi connectivity index (χ0n) is 25.0. The Morgan fingerprint density at radius 2 is 1.39 bits per heavy atom. The lowest BCUT2D eigenvalue weighted by Gasteiger charge is -2.16. The highest BCUT2D eigenvalue weighted by molar-refractivity contribution is 7.98. The minimum Gasteiger partial charge on any atom is -0.477 e. The predicted molar refractivity (Wildman–Crippen MR) is 170 cm³/mol. The average Bonchev–Trinajstić information content (AvgIpc) is 3.52. The monoisotopic (exact) mass is 668 g/mol. The maximum atomic E-state index is 13.7. The van der Waals surface area contributed by atoms with E-state index in [0.29, 0.717) is 31.0 Å². The van der Waals surface area contributed by atoms with Gasteiger partial charge in [-0.05, 0) is 67.5 Å². The van der Waals surface area contributed by atoms with E-state index in [-0.39, 0.29) is 34.8 Å². The zero-order valence-corrected chi connectivity index (χ0v) is 26.7. The number of carbonyl (C=O) groups excluding carboxylic acids is 2. The van der Waals surface area contributed by atoms with Gasteiger partial charge < -0.3 is 24.8 Å². The van der Waals surface area contributed by atoms with Crippen LogP contribution in [0.4, 0.5) is 8.78 Å². The molecule has 3 heterocycles. The molecule has 1 unspecified atom stereocenters. The maximum absolute atomic E-state index is 13.7. The Bertz CT molecular complexity index is 1730. The van der Waals surface area contributed by atoms with Crippen LogP contribution in [0.1, 0.15) is 34.1 Å². The van der Waals surface area contributed by atoms with Crippen LogP contribution in [-0.2, 0) is 4.79 Å². The maximum Gasteiger partial charge on any atom is 0.341 e. The van der Waals surface area contributed by atoms with E-state index in [2.05, 4.69) is 15.3 Å². The summed E-state index contributed by atoms with van der Waals surface area (Å²) in [6, 6.07) is 16.2. The summed E-state index contributed by atoms with van der Waals surface area (Å²) in [7, 11) is 0. The first-order valence-electron chi connectivity index (χ1n) is 13.8. The molecule has 2 N–H and O–H groups in total. The van der Waals surface area contributed by atoms with Gasteiger partial charge in [0.1, 0.15) is 34.3 Å². The number of amides is 2. The Morgan fingerprint density at radius 3 is 1.87 bits per heavy atom. The van der Waals surface area contributed by atoms with Crippen LogP contribution in [0.2, 0.25) is 0 Å². The summed E-state index contributed by atoms with van der Waals surface area (Å²) in [6.45, 7) is 2.53. The molecule has 1 aliphatic heterocycles. The molecule has 0 saturated carbocycles. The van der Waals surface area contributed by atoms with Crippen molar-refractivity contribution in [2.75, 3.05) is 25.6 Å². The highest BCUT2D eigenvalue weighted by Gasteiger charge is 2.27. The Balaban J connectivity index is 0.000000222. The van der Waals surface area contributed by atoms with Gasteiger partial charge >= 0.3 is 5.97 Å². The summed E-state index contributed by atoms with van der Waals surface area (Å²) in [5.74, 6) is -2.27. The molecule has 0 bridgehead atoms. The molecular weight excluding hydrogens is 639 g/mol. The second-order valence-corrected chi connectivity index (χ2v) is 11.6. The van der Waals surface area contributed by atoms with E-state index in [1.54, 1.807) is 40.9 Å². The number of rotatable bonds is 9. The van der Waals surface area contributed by atoms with Crippen molar-refractivity contribution >= 4 is 41.3 Å². The minimum atomic E-state index is -1.29. The molecule has 14 heteroatoms. The number of carbonyl (C=O) groups is 3. The number of nitrogens with one attached hydrogen (secondary N) is 1. The number of thioether (sulfide) groups is 2. The number of pyridine rings is 2. The normalized spacial score (nSPS) is 13.8. The number of aromatic nitrogens is 2. The van der Waals surface area contributed by atoms with Crippen LogP contribution >= 0.6 is 23.5 Å². The number of nitrogens with zero attached hydrogens (tertiary/aromatic N) is 3. The van der Waals surface area contributed by atoms with Gasteiger partial charge in [-0.25, -0.2) is 23.5 Å². The largest absolute Gasteiger partial charge is 0.477 e. The summed E-state index contributed by atoms with van der Waals surface area (Å²) in [4.78, 5) is 46.3. The third-order valence-electron chi connectivity index (χ3n) is 6.59. The lowest BCUT2D eigenvalue weighted by Crippen LogP contribution is -2.38. The number of halogens is 2. The number of carboxylic acid groups (broad SMARTS) is 1. The molecule has 1 saturated heterocycles. The predicted octanol–water partition coefficient (Wildman–Crippen LogP) is 6.52. The number of benzene rings is 2. The molecule has 1 aliphatic rings. The fourth-order valence-electron chi connectivity index (χ4n) is 4.31. The van der Waals surface area contributed by atoms with Crippen LogP contribution in [0.15, 0.2) is 82.8 Å². The second kappa shape index (κ2) is 16.0. The smallest absolute Gasteiger partial charge is 0.341 e. The summed E-state index contributed by atoms with van der Waals surface area (Å²) in [5.41, 5.74) is -0.291. The standard InChI is InChI=1S/C19H20FN3O3S.C13H10FNO3S/c1-12(24)23-7-6-14(11-23)22-18(25)17-8-13(20)10-21-19(17)26-15-4-3-5-16(9-15)27-2;1-19-10-4-2-3-9(6-10)18-12-11(13(16)17)5-8(14)7-15-12/h3-5,8-10,14H,6-7,11H2,1-2H3,(H,22,25);2-7H,1H3,(H,16,17). The van der Waals surface area contributed by atoms with Crippen LogP contribution in [0.3, 0.4) is 0 Å². The molecule has 0 aliphatic carbocycles. The van der Waals surface area contributed by atoms with Gasteiger partial charge in [-0.15, -0.1) is 23.5 Å². The molecule has 46 heavy (non-hydrogen) atoms. The Kier molecular flexibility index (Phi) is 11.9. The van der Waals surface area contributed by atoms with Crippen molar-refractivity contribution in [2.45, 2.75) is 29.2 Å². The summed E-state index contributed by atoms with van der Waals surface area (Å²) in [6.07, 6.45) is 6.44. The first kappa shape index (κ1) is 34.2. The molecule has 5 rings (SSSR count). The molecule has 1 fully saturated rings. The minimum absolute atomic E-state index is 0.0193. The second-order valence-electron chi connectivity index (χ2n) is 9.80. The molecule has 1 atom stereocenters. The first-order valence-corrected chi connectivity index (χ1v) is 16.3. The lowest BCUT2D eigenvalue weighted by atomic mass is 10.2. The van der Waals surface area contributed by atoms with E-state index in [0.717, 1.165) is 34.3 Å². The molecular formula is C32H30F2N4O6S2. The molecule has 0 radical (unpaired) electrons. The molecule has 2 aromatic heterocycles. The van der Waals surface area contributed by atoms with Gasteiger partial charge in [0, 0.05) is 35.8 Å². The summed E-state index contributed by atoms with van der Waals surface area (Å²) in [5, 5.41) is 11.8. The van der Waals surface area contributed by atoms with Crippen molar-refractivity contribution in [2.24, 2.45) is 0 Å². The van der Waals surface area contributed by atoms with E-state index < -0.39 is 23.5 Å². The van der Waals surface area contributed by atoms with Crippen molar-refractivity contribution in [3.8, 4) is 23.3 Å². The Morgan fingerprint density at radius 1 is 0.870 bits per heavy atom. The quantitative estimate of drug-likeness (QED) is 0.190. The number of carboxylic acids is 1. The van der Waals surface area contributed by atoms with Crippen LogP contribution in [0, 0.1) is 11.6 Å².